The van der Waals surface area contributed by atoms with E-state index in [-0.39, 0.29) is 11.7 Å². The number of halogens is 2. The number of ether oxygens (including phenoxy) is 1. The van der Waals surface area contributed by atoms with Crippen LogP contribution in [0.2, 0.25) is 10.0 Å². The molecule has 2 aromatic rings. The van der Waals surface area contributed by atoms with Gasteiger partial charge in [0.05, 0.1) is 16.1 Å². The van der Waals surface area contributed by atoms with Gasteiger partial charge in [-0.2, -0.15) is 5.26 Å². The van der Waals surface area contributed by atoms with Gasteiger partial charge in [0.1, 0.15) is 23.2 Å². The minimum Gasteiger partial charge on any atom is -0.457 e. The Balaban J connectivity index is 1.71. The molecule has 1 saturated heterocycles. The molecular formula is C19H16Cl2N2O3. The molecule has 0 radical (unpaired) electrons. The SMILES string of the molecule is N#C/C(=C\c1ccc(-c2ccc(Cl)c(Cl)c2)o1)C(=O)NC[C@@H]1CCCO1. The van der Waals surface area contributed by atoms with Crippen molar-refractivity contribution in [1.82, 2.24) is 5.32 Å². The molecule has 0 spiro atoms. The highest BCUT2D eigenvalue weighted by Gasteiger charge is 2.18. The predicted octanol–water partition coefficient (Wildman–Crippen LogP) is 4.46. The summed E-state index contributed by atoms with van der Waals surface area (Å²) in [6.45, 7) is 1.11. The number of amides is 1. The second kappa shape index (κ2) is 8.41. The van der Waals surface area contributed by atoms with Crippen molar-refractivity contribution in [3.63, 3.8) is 0 Å². The lowest BCUT2D eigenvalue weighted by molar-refractivity contribution is -0.117. The molecule has 1 N–H and O–H groups in total. The first-order valence-corrected chi connectivity index (χ1v) is 8.89. The first kappa shape index (κ1) is 18.5. The number of nitriles is 1. The average Bonchev–Trinajstić information content (AvgIpc) is 3.31. The summed E-state index contributed by atoms with van der Waals surface area (Å²) in [6, 6.07) is 10.5. The van der Waals surface area contributed by atoms with Crippen molar-refractivity contribution >= 4 is 35.2 Å². The van der Waals surface area contributed by atoms with E-state index < -0.39 is 5.91 Å². The largest absolute Gasteiger partial charge is 0.457 e. The second-order valence-electron chi connectivity index (χ2n) is 5.85. The zero-order valence-corrected chi connectivity index (χ0v) is 15.3. The molecule has 0 aliphatic carbocycles. The summed E-state index contributed by atoms with van der Waals surface area (Å²) in [4.78, 5) is 12.2. The van der Waals surface area contributed by atoms with Crippen molar-refractivity contribution in [3.05, 3.63) is 51.7 Å². The Morgan fingerprint density at radius 3 is 2.85 bits per heavy atom. The first-order chi connectivity index (χ1) is 12.6. The number of rotatable bonds is 5. The number of benzene rings is 1. The van der Waals surface area contributed by atoms with Gasteiger partial charge in [0.25, 0.3) is 5.91 Å². The fourth-order valence-electron chi connectivity index (χ4n) is 2.63. The van der Waals surface area contributed by atoms with E-state index in [0.29, 0.717) is 34.7 Å². The standard InChI is InChI=1S/C19H16Cl2N2O3/c20-16-5-3-12(9-17(16)21)18-6-4-14(26-18)8-13(10-22)19(24)23-11-15-2-1-7-25-15/h3-6,8-9,15H,1-2,7,11H2,(H,23,24)/b13-8+/t15-/m0/s1. The maximum atomic E-state index is 12.2. The molecule has 7 heteroatoms. The number of nitrogens with one attached hydrogen (secondary N) is 1. The van der Waals surface area contributed by atoms with Crippen molar-refractivity contribution in [1.29, 1.82) is 5.26 Å². The molecule has 1 fully saturated rings. The van der Waals surface area contributed by atoms with Crippen LogP contribution in [0.25, 0.3) is 17.4 Å². The highest BCUT2D eigenvalue weighted by Crippen LogP contribution is 2.30. The zero-order chi connectivity index (χ0) is 18.5. The van der Waals surface area contributed by atoms with E-state index >= 15 is 0 Å². The molecule has 1 aliphatic heterocycles. The van der Waals surface area contributed by atoms with Crippen LogP contribution >= 0.6 is 23.2 Å². The lowest BCUT2D eigenvalue weighted by Gasteiger charge is -2.09. The molecule has 0 unspecified atom stereocenters. The van der Waals surface area contributed by atoms with E-state index in [1.165, 1.54) is 6.08 Å². The van der Waals surface area contributed by atoms with Gasteiger partial charge in [-0.05, 0) is 43.2 Å². The van der Waals surface area contributed by atoms with Gasteiger partial charge in [0.15, 0.2) is 0 Å². The van der Waals surface area contributed by atoms with E-state index in [1.54, 1.807) is 30.3 Å². The molecule has 1 amide bonds. The third-order valence-electron chi connectivity index (χ3n) is 4.00. The maximum Gasteiger partial charge on any atom is 0.262 e. The van der Waals surface area contributed by atoms with Crippen molar-refractivity contribution in [2.24, 2.45) is 0 Å². The van der Waals surface area contributed by atoms with Crippen molar-refractivity contribution in [3.8, 4) is 17.4 Å². The fourth-order valence-corrected chi connectivity index (χ4v) is 2.93. The molecule has 1 aromatic carbocycles. The molecule has 3 rings (SSSR count). The van der Waals surface area contributed by atoms with E-state index in [1.807, 2.05) is 6.07 Å². The number of hydrogen-bond acceptors (Lipinski definition) is 4. The topological polar surface area (TPSA) is 75.3 Å². The third-order valence-corrected chi connectivity index (χ3v) is 4.74. The van der Waals surface area contributed by atoms with Gasteiger partial charge in [-0.25, -0.2) is 0 Å². The van der Waals surface area contributed by atoms with Crippen molar-refractivity contribution < 1.29 is 13.9 Å². The number of carbonyl (C=O) groups is 1. The monoisotopic (exact) mass is 390 g/mol. The summed E-state index contributed by atoms with van der Waals surface area (Å²) in [5.41, 5.74) is 0.721. The minimum absolute atomic E-state index is 0.0174. The van der Waals surface area contributed by atoms with E-state index in [2.05, 4.69) is 5.32 Å². The van der Waals surface area contributed by atoms with Crippen LogP contribution in [-0.2, 0) is 9.53 Å². The molecule has 1 aromatic heterocycles. The normalized spacial score (nSPS) is 17.1. The minimum atomic E-state index is -0.449. The lowest BCUT2D eigenvalue weighted by atomic mass is 10.2. The van der Waals surface area contributed by atoms with Gasteiger partial charge in [0, 0.05) is 24.8 Å². The molecule has 1 aliphatic rings. The highest BCUT2D eigenvalue weighted by atomic mass is 35.5. The molecular weight excluding hydrogens is 375 g/mol. The lowest BCUT2D eigenvalue weighted by Crippen LogP contribution is -2.32. The van der Waals surface area contributed by atoms with Crippen molar-refractivity contribution in [2.45, 2.75) is 18.9 Å². The molecule has 26 heavy (non-hydrogen) atoms. The summed E-state index contributed by atoms with van der Waals surface area (Å²) in [6.07, 6.45) is 3.33. The van der Waals surface area contributed by atoms with Crippen molar-refractivity contribution in [2.75, 3.05) is 13.2 Å². The first-order valence-electron chi connectivity index (χ1n) is 8.13. The van der Waals surface area contributed by atoms with Gasteiger partial charge in [-0.15, -0.1) is 0 Å². The van der Waals surface area contributed by atoms with Gasteiger partial charge < -0.3 is 14.5 Å². The quantitative estimate of drug-likeness (QED) is 0.603. The Kier molecular flexibility index (Phi) is 6.00. The molecule has 0 saturated carbocycles. The van der Waals surface area contributed by atoms with Gasteiger partial charge in [0.2, 0.25) is 0 Å². The summed E-state index contributed by atoms with van der Waals surface area (Å²) in [5, 5.41) is 12.9. The Morgan fingerprint density at radius 2 is 2.15 bits per heavy atom. The van der Waals surface area contributed by atoms with Crippen LogP contribution in [0.15, 0.2) is 40.3 Å². The van der Waals surface area contributed by atoms with E-state index in [0.717, 1.165) is 18.4 Å². The second-order valence-corrected chi connectivity index (χ2v) is 6.66. The Bertz CT molecular complexity index is 877. The number of nitrogens with zero attached hydrogens (tertiary/aromatic N) is 1. The van der Waals surface area contributed by atoms with Crippen LogP contribution in [0.3, 0.4) is 0 Å². The van der Waals surface area contributed by atoms with Gasteiger partial charge >= 0.3 is 0 Å². The van der Waals surface area contributed by atoms with Gasteiger partial charge in [-0.3, -0.25) is 4.79 Å². The van der Waals surface area contributed by atoms with E-state index in [9.17, 15) is 10.1 Å². The third kappa shape index (κ3) is 4.47. The zero-order valence-electron chi connectivity index (χ0n) is 13.8. The van der Waals surface area contributed by atoms with Crippen LogP contribution in [0.4, 0.5) is 0 Å². The van der Waals surface area contributed by atoms with Crippen LogP contribution in [-0.4, -0.2) is 25.2 Å². The number of furan rings is 1. The summed E-state index contributed by atoms with van der Waals surface area (Å²) in [5.74, 6) is 0.511. The van der Waals surface area contributed by atoms with Gasteiger partial charge in [-0.1, -0.05) is 23.2 Å². The smallest absolute Gasteiger partial charge is 0.262 e. The van der Waals surface area contributed by atoms with E-state index in [4.69, 9.17) is 32.4 Å². The highest BCUT2D eigenvalue weighted by molar-refractivity contribution is 6.42. The fraction of sp³-hybridized carbons (Fsp3) is 0.263. The molecule has 5 nitrogen and oxygen atoms in total. The molecule has 1 atom stereocenters. The Labute approximate surface area is 161 Å². The molecule has 0 bridgehead atoms. The molecule has 134 valence electrons. The number of hydrogen-bond donors (Lipinski definition) is 1. The van der Waals surface area contributed by atoms with Crippen LogP contribution in [0.5, 0.6) is 0 Å². The molecule has 2 heterocycles. The van der Waals surface area contributed by atoms with Crippen LogP contribution < -0.4 is 5.32 Å². The summed E-state index contributed by atoms with van der Waals surface area (Å²) >= 11 is 11.9. The Morgan fingerprint density at radius 1 is 1.31 bits per heavy atom. The predicted molar refractivity (Wildman–Crippen MR) is 99.7 cm³/mol. The van der Waals surface area contributed by atoms with Crippen LogP contribution in [0.1, 0.15) is 18.6 Å². The maximum absolute atomic E-state index is 12.2. The number of carbonyl (C=O) groups excluding carboxylic acids is 1. The van der Waals surface area contributed by atoms with Crippen LogP contribution in [0, 0.1) is 11.3 Å². The summed E-state index contributed by atoms with van der Waals surface area (Å²) < 4.78 is 11.1. The summed E-state index contributed by atoms with van der Waals surface area (Å²) in [7, 11) is 0. The Hall–Kier alpha value is -2.26. The average molecular weight is 391 g/mol.